The topological polar surface area (TPSA) is 180 Å². The molecule has 6 rings (SSSR count). The Morgan fingerprint density at radius 3 is 2.44 bits per heavy atom. The van der Waals surface area contributed by atoms with Gasteiger partial charge in [-0.25, -0.2) is 9.52 Å². The van der Waals surface area contributed by atoms with Gasteiger partial charge in [-0.1, -0.05) is 60.9 Å². The molecule has 4 aliphatic rings. The van der Waals surface area contributed by atoms with E-state index in [0.717, 1.165) is 24.0 Å². The number of hydrogen-bond donors (Lipinski definition) is 4. The van der Waals surface area contributed by atoms with E-state index in [1.165, 1.54) is 29.2 Å². The molecular formula is C33H39ClN6O7S. The fourth-order valence-corrected chi connectivity index (χ4v) is 7.70. The van der Waals surface area contributed by atoms with Crippen LogP contribution in [0.25, 0.3) is 0 Å². The minimum atomic E-state index is -4.39. The maximum absolute atomic E-state index is 14.0. The smallest absolute Gasteiger partial charge is 0.410 e. The van der Waals surface area contributed by atoms with Crippen molar-refractivity contribution in [3.05, 3.63) is 76.8 Å². The maximum atomic E-state index is 14.0. The second-order valence-corrected chi connectivity index (χ2v) is 14.7. The van der Waals surface area contributed by atoms with Crippen LogP contribution < -0.4 is 20.5 Å². The predicted molar refractivity (Wildman–Crippen MR) is 177 cm³/mol. The molecule has 1 aliphatic carbocycles. The molecule has 0 unspecified atom stereocenters. The highest BCUT2D eigenvalue weighted by Gasteiger charge is 2.61. The number of carbonyl (C=O) groups excluding carboxylic acids is 4. The number of hydrogen-bond acceptors (Lipinski definition) is 8. The van der Waals surface area contributed by atoms with E-state index in [4.69, 9.17) is 22.1 Å². The van der Waals surface area contributed by atoms with E-state index in [1.807, 2.05) is 36.4 Å². The number of carbonyl (C=O) groups is 4. The summed E-state index contributed by atoms with van der Waals surface area (Å²) in [7, 11) is -4.39. The molecule has 2 aromatic rings. The van der Waals surface area contributed by atoms with Crippen LogP contribution in [0.1, 0.15) is 56.1 Å². The summed E-state index contributed by atoms with van der Waals surface area (Å²) in [6.45, 7) is 0.738. The summed E-state index contributed by atoms with van der Waals surface area (Å²) in [6.07, 6.45) is 6.06. The highest BCUT2D eigenvalue weighted by atomic mass is 35.5. The Labute approximate surface area is 284 Å². The monoisotopic (exact) mass is 698 g/mol. The molecule has 5 atom stereocenters. The number of fused-ring (bicyclic) bond motifs is 3. The Morgan fingerprint density at radius 1 is 1.02 bits per heavy atom. The number of nitrogens with two attached hydrogens (primary N) is 1. The van der Waals surface area contributed by atoms with Gasteiger partial charge < -0.3 is 20.7 Å². The van der Waals surface area contributed by atoms with Crippen LogP contribution in [0.5, 0.6) is 0 Å². The molecule has 0 bridgehead atoms. The van der Waals surface area contributed by atoms with E-state index in [2.05, 4.69) is 14.8 Å². The number of nitrogens with one attached hydrogen (secondary N) is 3. The number of nitrogens with zero attached hydrogens (tertiary/aromatic N) is 2. The molecule has 0 radical (unpaired) electrons. The van der Waals surface area contributed by atoms with E-state index in [0.29, 0.717) is 37.4 Å². The molecule has 1 saturated carbocycles. The van der Waals surface area contributed by atoms with Gasteiger partial charge in [0, 0.05) is 30.5 Å². The van der Waals surface area contributed by atoms with Crippen molar-refractivity contribution in [2.45, 2.75) is 81.8 Å². The van der Waals surface area contributed by atoms with Crippen molar-refractivity contribution < 1.29 is 32.3 Å². The second-order valence-electron chi connectivity index (χ2n) is 12.9. The Bertz CT molecular complexity index is 1700. The van der Waals surface area contributed by atoms with Crippen LogP contribution in [-0.4, -0.2) is 72.3 Å². The lowest BCUT2D eigenvalue weighted by molar-refractivity contribution is -0.140. The van der Waals surface area contributed by atoms with E-state index >= 15 is 0 Å². The molecule has 2 aromatic carbocycles. The molecule has 15 heteroatoms. The second kappa shape index (κ2) is 13.8. The predicted octanol–water partition coefficient (Wildman–Crippen LogP) is 2.96. The SMILES string of the molecule is N[C@H]1CCCCC/C=C\[C@@H]2C[C@@]2(C(=O)NS(=O)(=O)Nc2ccc(Cl)cc2)NC(=O)[C@@H]2C[C@@H](OC(=O)N3Cc4ccccc4C3)CN2C1=O. The zero-order valence-electron chi connectivity index (χ0n) is 26.3. The molecular weight excluding hydrogens is 660 g/mol. The minimum absolute atomic E-state index is 0.00848. The average molecular weight is 699 g/mol. The van der Waals surface area contributed by atoms with Crippen LogP contribution in [0.3, 0.4) is 0 Å². The van der Waals surface area contributed by atoms with Gasteiger partial charge in [0.1, 0.15) is 17.7 Å². The van der Waals surface area contributed by atoms with Gasteiger partial charge in [0.05, 0.1) is 18.3 Å². The number of halogens is 1. The van der Waals surface area contributed by atoms with Gasteiger partial charge in [-0.2, -0.15) is 8.42 Å². The van der Waals surface area contributed by atoms with Crippen molar-refractivity contribution in [1.82, 2.24) is 19.8 Å². The van der Waals surface area contributed by atoms with Crippen LogP contribution in [0.4, 0.5) is 10.5 Å². The van der Waals surface area contributed by atoms with E-state index in [-0.39, 0.29) is 25.1 Å². The first-order valence-corrected chi connectivity index (χ1v) is 18.0. The van der Waals surface area contributed by atoms with Crippen LogP contribution in [0.15, 0.2) is 60.7 Å². The Kier molecular flexibility index (Phi) is 9.68. The van der Waals surface area contributed by atoms with Gasteiger partial charge in [-0.15, -0.1) is 0 Å². The first kappa shape index (κ1) is 33.7. The summed E-state index contributed by atoms with van der Waals surface area (Å²) in [5.41, 5.74) is 6.97. The number of amides is 4. The molecule has 3 heterocycles. The lowest BCUT2D eigenvalue weighted by atomic mass is 10.1. The standard InChI is InChI=1S/C33H39ClN6O7S/c34-24-12-14-25(15-13-24)37-48(45,46)38-31(43)33-17-23(33)10-4-2-1-3-5-11-27(35)30(42)40-20-26(16-28(40)29(41)36-33)47-32(44)39-18-21-8-6-7-9-22(21)19-39/h4,6-10,12-15,23,26-28,37H,1-3,5,11,16-20,35H2,(H,36,41)(H,38,43)/b10-4-/t23-,26-,27+,28+,33-/m1/s1. The van der Waals surface area contributed by atoms with Crippen LogP contribution in [-0.2, 0) is 42.4 Å². The largest absolute Gasteiger partial charge is 0.444 e. The molecule has 48 heavy (non-hydrogen) atoms. The molecule has 3 aliphatic heterocycles. The van der Waals surface area contributed by atoms with Gasteiger partial charge in [0.25, 0.3) is 5.91 Å². The quantitative estimate of drug-likeness (QED) is 0.344. The Balaban J connectivity index is 1.20. The van der Waals surface area contributed by atoms with Gasteiger partial charge >= 0.3 is 16.3 Å². The third-order valence-corrected chi connectivity index (χ3v) is 10.6. The van der Waals surface area contributed by atoms with Gasteiger partial charge in [-0.3, -0.25) is 24.0 Å². The summed E-state index contributed by atoms with van der Waals surface area (Å²) in [5, 5.41) is 3.19. The lowest BCUT2D eigenvalue weighted by Crippen LogP contribution is -2.58. The summed E-state index contributed by atoms with van der Waals surface area (Å²) in [4.78, 5) is 57.3. The number of rotatable bonds is 5. The molecule has 2 fully saturated rings. The van der Waals surface area contributed by atoms with Crippen LogP contribution in [0, 0.1) is 5.92 Å². The van der Waals surface area contributed by atoms with Crippen molar-refractivity contribution in [2.24, 2.45) is 11.7 Å². The van der Waals surface area contributed by atoms with Gasteiger partial charge in [-0.05, 0) is 61.1 Å². The van der Waals surface area contributed by atoms with Gasteiger partial charge in [0.15, 0.2) is 0 Å². The first-order valence-electron chi connectivity index (χ1n) is 16.1. The van der Waals surface area contributed by atoms with Crippen LogP contribution >= 0.6 is 11.6 Å². The third-order valence-electron chi connectivity index (χ3n) is 9.38. The summed E-state index contributed by atoms with van der Waals surface area (Å²) in [6, 6.07) is 11.6. The average Bonchev–Trinajstić information content (AvgIpc) is 3.35. The summed E-state index contributed by atoms with van der Waals surface area (Å²) in [5.74, 6) is -2.50. The molecule has 0 aromatic heterocycles. The fraction of sp³-hybridized carbons (Fsp3) is 0.455. The number of benzene rings is 2. The number of allylic oxidation sites excluding steroid dienone is 1. The summed E-state index contributed by atoms with van der Waals surface area (Å²) < 4.78 is 36.0. The minimum Gasteiger partial charge on any atom is -0.444 e. The first-order chi connectivity index (χ1) is 22.9. The third kappa shape index (κ3) is 7.45. The highest BCUT2D eigenvalue weighted by Crippen LogP contribution is 2.45. The van der Waals surface area contributed by atoms with Crippen LogP contribution in [0.2, 0.25) is 5.02 Å². The molecule has 256 valence electrons. The molecule has 1 saturated heterocycles. The van der Waals surface area contributed by atoms with Crippen molar-refractivity contribution in [2.75, 3.05) is 11.3 Å². The number of ether oxygens (including phenoxy) is 1. The molecule has 5 N–H and O–H groups in total. The highest BCUT2D eigenvalue weighted by molar-refractivity contribution is 7.91. The Morgan fingerprint density at radius 2 is 1.73 bits per heavy atom. The zero-order chi connectivity index (χ0) is 34.1. The van der Waals surface area contributed by atoms with Crippen molar-refractivity contribution >= 4 is 51.3 Å². The fourth-order valence-electron chi connectivity index (χ4n) is 6.65. The van der Waals surface area contributed by atoms with Crippen molar-refractivity contribution in [1.29, 1.82) is 0 Å². The van der Waals surface area contributed by atoms with Gasteiger partial charge in [0.2, 0.25) is 11.8 Å². The van der Waals surface area contributed by atoms with E-state index in [9.17, 15) is 27.6 Å². The number of anilines is 1. The normalized spacial score (nSPS) is 28.1. The Hall–Kier alpha value is -4.14. The molecule has 4 amide bonds. The molecule has 0 spiro atoms. The lowest BCUT2D eigenvalue weighted by Gasteiger charge is -2.28. The zero-order valence-corrected chi connectivity index (χ0v) is 27.8. The summed E-state index contributed by atoms with van der Waals surface area (Å²) >= 11 is 5.89. The molecule has 13 nitrogen and oxygen atoms in total. The van der Waals surface area contributed by atoms with E-state index < -0.39 is 63.7 Å². The maximum Gasteiger partial charge on any atom is 0.410 e. The van der Waals surface area contributed by atoms with Crippen molar-refractivity contribution in [3.8, 4) is 0 Å². The van der Waals surface area contributed by atoms with E-state index in [1.54, 1.807) is 4.90 Å². The van der Waals surface area contributed by atoms with Crippen molar-refractivity contribution in [3.63, 3.8) is 0 Å².